The van der Waals surface area contributed by atoms with Gasteiger partial charge in [0.15, 0.2) is 0 Å². The molecule has 110 valence electrons. The van der Waals surface area contributed by atoms with E-state index < -0.39 is 18.0 Å². The molecule has 2 aromatic rings. The van der Waals surface area contributed by atoms with Crippen LogP contribution in [0.15, 0.2) is 54.6 Å². The quantitative estimate of drug-likeness (QED) is 0.792. The van der Waals surface area contributed by atoms with Gasteiger partial charge in [-0.2, -0.15) is 0 Å². The highest BCUT2D eigenvalue weighted by molar-refractivity contribution is 5.89. The Balaban J connectivity index is 1.74. The van der Waals surface area contributed by atoms with E-state index in [1.54, 1.807) is 6.07 Å². The maximum Gasteiger partial charge on any atom is 0.319 e. The third kappa shape index (κ3) is 4.89. The molecule has 1 atom stereocenters. The number of hydrogen-bond acceptors (Lipinski definition) is 2. The third-order valence-electron chi connectivity index (χ3n) is 2.97. The second kappa shape index (κ2) is 7.40. The van der Waals surface area contributed by atoms with Crippen LogP contribution in [0.4, 0.5) is 14.9 Å². The maximum absolute atomic E-state index is 13.0. The van der Waals surface area contributed by atoms with Crippen LogP contribution in [0.1, 0.15) is 18.1 Å². The Morgan fingerprint density at radius 1 is 1.14 bits per heavy atom. The number of urea groups is 1. The van der Waals surface area contributed by atoms with Gasteiger partial charge in [-0.15, -0.1) is 0 Å². The van der Waals surface area contributed by atoms with Crippen LogP contribution in [0.25, 0.3) is 0 Å². The number of anilines is 1. The number of hydrogen-bond donors (Lipinski definition) is 3. The molecule has 0 spiro atoms. The molecule has 0 bridgehead atoms. The average molecular weight is 288 g/mol. The first-order chi connectivity index (χ1) is 10.1. The largest absolute Gasteiger partial charge is 0.388 e. The summed E-state index contributed by atoms with van der Waals surface area (Å²) in [6.07, 6.45) is -0.221. The fourth-order valence-corrected chi connectivity index (χ4v) is 1.91. The maximum atomic E-state index is 13.0. The number of carbonyl (C=O) groups is 1. The Kier molecular flexibility index (Phi) is 5.29. The number of carbonyl (C=O) groups excluding carboxylic acids is 1. The van der Waals surface area contributed by atoms with Gasteiger partial charge in [-0.25, -0.2) is 9.18 Å². The molecule has 0 aliphatic rings. The molecule has 0 fully saturated rings. The van der Waals surface area contributed by atoms with Crippen molar-refractivity contribution in [1.82, 2.24) is 5.32 Å². The molecule has 0 aliphatic carbocycles. The SMILES string of the molecule is O=C(NCCC(O)c1ccccc1)Nc1cccc(F)c1. The van der Waals surface area contributed by atoms with Gasteiger partial charge >= 0.3 is 6.03 Å². The van der Waals surface area contributed by atoms with E-state index in [0.29, 0.717) is 18.7 Å². The number of rotatable bonds is 5. The minimum absolute atomic E-state index is 0.317. The van der Waals surface area contributed by atoms with Crippen molar-refractivity contribution in [1.29, 1.82) is 0 Å². The van der Waals surface area contributed by atoms with Gasteiger partial charge in [-0.05, 0) is 30.2 Å². The van der Waals surface area contributed by atoms with Crippen LogP contribution in [-0.2, 0) is 0 Å². The second-order valence-electron chi connectivity index (χ2n) is 4.61. The van der Waals surface area contributed by atoms with Gasteiger partial charge in [0.05, 0.1) is 6.10 Å². The van der Waals surface area contributed by atoms with Crippen LogP contribution >= 0.6 is 0 Å². The lowest BCUT2D eigenvalue weighted by atomic mass is 10.1. The van der Waals surface area contributed by atoms with Crippen molar-refractivity contribution in [3.05, 3.63) is 66.0 Å². The van der Waals surface area contributed by atoms with Crippen molar-refractivity contribution in [3.63, 3.8) is 0 Å². The molecule has 2 rings (SSSR count). The normalized spacial score (nSPS) is 11.7. The predicted molar refractivity (Wildman–Crippen MR) is 79.4 cm³/mol. The highest BCUT2D eigenvalue weighted by Gasteiger charge is 2.08. The Morgan fingerprint density at radius 3 is 2.62 bits per heavy atom. The Morgan fingerprint density at radius 2 is 1.90 bits per heavy atom. The molecule has 1 unspecified atom stereocenters. The number of aliphatic hydroxyl groups excluding tert-OH is 1. The minimum atomic E-state index is -0.624. The zero-order valence-electron chi connectivity index (χ0n) is 11.4. The Hall–Kier alpha value is -2.40. The second-order valence-corrected chi connectivity index (χ2v) is 4.61. The molecular weight excluding hydrogens is 271 g/mol. The van der Waals surface area contributed by atoms with E-state index in [4.69, 9.17) is 0 Å². The van der Waals surface area contributed by atoms with Gasteiger partial charge in [0.1, 0.15) is 5.82 Å². The molecular formula is C16H17FN2O2. The molecule has 0 radical (unpaired) electrons. The van der Waals surface area contributed by atoms with Crippen LogP contribution < -0.4 is 10.6 Å². The molecule has 4 nitrogen and oxygen atoms in total. The highest BCUT2D eigenvalue weighted by Crippen LogP contribution is 2.15. The third-order valence-corrected chi connectivity index (χ3v) is 2.97. The van der Waals surface area contributed by atoms with Gasteiger partial charge in [-0.1, -0.05) is 36.4 Å². The summed E-state index contributed by atoms with van der Waals surface area (Å²) >= 11 is 0. The molecule has 0 aliphatic heterocycles. The first-order valence-electron chi connectivity index (χ1n) is 6.68. The first kappa shape index (κ1) is 15.0. The number of benzene rings is 2. The molecule has 0 heterocycles. The van der Waals surface area contributed by atoms with Crippen LogP contribution in [0, 0.1) is 5.82 Å². The van der Waals surface area contributed by atoms with E-state index in [9.17, 15) is 14.3 Å². The van der Waals surface area contributed by atoms with Gasteiger partial charge in [0, 0.05) is 12.2 Å². The van der Waals surface area contributed by atoms with Gasteiger partial charge in [0.25, 0.3) is 0 Å². The van der Waals surface area contributed by atoms with Crippen molar-refractivity contribution in [3.8, 4) is 0 Å². The standard InChI is InChI=1S/C16H17FN2O2/c17-13-7-4-8-14(11-13)19-16(21)18-10-9-15(20)12-5-2-1-3-6-12/h1-8,11,15,20H,9-10H2,(H2,18,19,21). The number of amides is 2. The van der Waals surface area contributed by atoms with Gasteiger partial charge < -0.3 is 15.7 Å². The fourth-order valence-electron chi connectivity index (χ4n) is 1.91. The van der Waals surface area contributed by atoms with Gasteiger partial charge in [0.2, 0.25) is 0 Å². The Bertz CT molecular complexity index is 590. The molecule has 2 amide bonds. The molecule has 0 saturated carbocycles. The predicted octanol–water partition coefficient (Wildman–Crippen LogP) is 3.07. The number of aliphatic hydroxyl groups is 1. The lowest BCUT2D eigenvalue weighted by molar-refractivity contribution is 0.167. The van der Waals surface area contributed by atoms with E-state index in [2.05, 4.69) is 10.6 Å². The van der Waals surface area contributed by atoms with Crippen molar-refractivity contribution >= 4 is 11.7 Å². The number of halogens is 1. The zero-order chi connectivity index (χ0) is 15.1. The van der Waals surface area contributed by atoms with Crippen molar-refractivity contribution in [2.45, 2.75) is 12.5 Å². The lowest BCUT2D eigenvalue weighted by Crippen LogP contribution is -2.30. The van der Waals surface area contributed by atoms with Crippen LogP contribution in [0.5, 0.6) is 0 Å². The molecule has 2 aromatic carbocycles. The molecule has 0 aromatic heterocycles. The minimum Gasteiger partial charge on any atom is -0.388 e. The summed E-state index contributed by atoms with van der Waals surface area (Å²) in [7, 11) is 0. The van der Waals surface area contributed by atoms with Crippen molar-refractivity contribution in [2.75, 3.05) is 11.9 Å². The summed E-state index contributed by atoms with van der Waals surface area (Å²) in [6, 6.07) is 14.5. The molecule has 0 saturated heterocycles. The summed E-state index contributed by atoms with van der Waals surface area (Å²) in [4.78, 5) is 11.6. The summed E-state index contributed by atoms with van der Waals surface area (Å²) in [5.41, 5.74) is 1.20. The monoisotopic (exact) mass is 288 g/mol. The van der Waals surface area contributed by atoms with Crippen LogP contribution in [0.3, 0.4) is 0 Å². The summed E-state index contributed by atoms with van der Waals surface area (Å²) in [5.74, 6) is -0.410. The van der Waals surface area contributed by atoms with Crippen LogP contribution in [0.2, 0.25) is 0 Å². The van der Waals surface area contributed by atoms with Crippen molar-refractivity contribution in [2.24, 2.45) is 0 Å². The van der Waals surface area contributed by atoms with E-state index in [-0.39, 0.29) is 0 Å². The number of nitrogens with one attached hydrogen (secondary N) is 2. The van der Waals surface area contributed by atoms with E-state index in [1.807, 2.05) is 30.3 Å². The van der Waals surface area contributed by atoms with Crippen LogP contribution in [-0.4, -0.2) is 17.7 Å². The topological polar surface area (TPSA) is 61.4 Å². The van der Waals surface area contributed by atoms with Gasteiger partial charge in [-0.3, -0.25) is 0 Å². The summed E-state index contributed by atoms with van der Waals surface area (Å²) < 4.78 is 13.0. The molecule has 21 heavy (non-hydrogen) atoms. The first-order valence-corrected chi connectivity index (χ1v) is 6.68. The average Bonchev–Trinajstić information content (AvgIpc) is 2.48. The van der Waals surface area contributed by atoms with E-state index in [1.165, 1.54) is 18.2 Å². The Labute approximate surface area is 122 Å². The summed E-state index contributed by atoms with van der Waals surface area (Å²) in [6.45, 7) is 0.317. The molecule has 5 heteroatoms. The van der Waals surface area contributed by atoms with E-state index >= 15 is 0 Å². The van der Waals surface area contributed by atoms with E-state index in [0.717, 1.165) is 5.56 Å². The fraction of sp³-hybridized carbons (Fsp3) is 0.188. The highest BCUT2D eigenvalue weighted by atomic mass is 19.1. The molecule has 3 N–H and O–H groups in total. The van der Waals surface area contributed by atoms with Crippen molar-refractivity contribution < 1.29 is 14.3 Å². The smallest absolute Gasteiger partial charge is 0.319 e. The zero-order valence-corrected chi connectivity index (χ0v) is 11.4. The summed E-state index contributed by atoms with van der Waals surface area (Å²) in [5, 5.41) is 15.1. The lowest BCUT2D eigenvalue weighted by Gasteiger charge is -2.12.